The quantitative estimate of drug-likeness (QED) is 0.744. The first-order valence-corrected chi connectivity index (χ1v) is 5.38. The summed E-state index contributed by atoms with van der Waals surface area (Å²) in [5, 5.41) is 7.72. The normalized spacial score (nSPS) is 12.4. The van der Waals surface area contributed by atoms with Gasteiger partial charge in [0.25, 0.3) is 0 Å². The van der Waals surface area contributed by atoms with E-state index in [0.717, 1.165) is 25.1 Å². The fourth-order valence-electron chi connectivity index (χ4n) is 1.77. The average molecular weight is 205 g/mol. The topological polar surface area (TPSA) is 29.9 Å². The van der Waals surface area contributed by atoms with Crippen molar-refractivity contribution in [1.82, 2.24) is 15.1 Å². The number of hydrogen-bond donors (Lipinski definition) is 1. The van der Waals surface area contributed by atoms with E-state index in [1.165, 1.54) is 5.69 Å². The van der Waals surface area contributed by atoms with E-state index in [1.54, 1.807) is 0 Å². The molecular formula is C12H19N3. The summed E-state index contributed by atoms with van der Waals surface area (Å²) < 4.78 is 2.03. The molecule has 1 aromatic heterocycles. The van der Waals surface area contributed by atoms with Gasteiger partial charge in [0.2, 0.25) is 0 Å². The first-order valence-electron chi connectivity index (χ1n) is 5.38. The maximum absolute atomic E-state index is 5.29. The summed E-state index contributed by atoms with van der Waals surface area (Å²) in [5.74, 6) is 2.68. The molecule has 0 aliphatic rings. The Hall–Kier alpha value is -1.27. The molecule has 0 fully saturated rings. The predicted molar refractivity (Wildman–Crippen MR) is 62.5 cm³/mol. The van der Waals surface area contributed by atoms with Gasteiger partial charge in [-0.1, -0.05) is 0 Å². The molecule has 82 valence electrons. The minimum atomic E-state index is 0.308. The van der Waals surface area contributed by atoms with Gasteiger partial charge in [0.15, 0.2) is 0 Å². The summed E-state index contributed by atoms with van der Waals surface area (Å²) in [6.45, 7) is 5.02. The zero-order valence-corrected chi connectivity index (χ0v) is 9.75. The van der Waals surface area contributed by atoms with Crippen LogP contribution in [0.2, 0.25) is 0 Å². The maximum atomic E-state index is 5.29. The third kappa shape index (κ3) is 2.84. The molecule has 15 heavy (non-hydrogen) atoms. The van der Waals surface area contributed by atoms with Gasteiger partial charge in [0.05, 0.1) is 11.4 Å². The summed E-state index contributed by atoms with van der Waals surface area (Å²) in [6.07, 6.45) is 7.03. The maximum Gasteiger partial charge on any atom is 0.0597 e. The number of rotatable bonds is 5. The minimum absolute atomic E-state index is 0.308. The lowest BCUT2D eigenvalue weighted by molar-refractivity contribution is 0.493. The van der Waals surface area contributed by atoms with Crippen LogP contribution in [0.15, 0.2) is 6.07 Å². The first-order chi connectivity index (χ1) is 7.22. The predicted octanol–water partition coefficient (Wildman–Crippen LogP) is 1.89. The van der Waals surface area contributed by atoms with E-state index in [-0.39, 0.29) is 0 Å². The van der Waals surface area contributed by atoms with E-state index < -0.39 is 0 Å². The van der Waals surface area contributed by atoms with Crippen molar-refractivity contribution in [3.05, 3.63) is 17.5 Å². The molecule has 0 spiro atoms. The summed E-state index contributed by atoms with van der Waals surface area (Å²) in [4.78, 5) is 0. The Morgan fingerprint density at radius 2 is 2.40 bits per heavy atom. The Kier molecular flexibility index (Phi) is 4.38. The minimum Gasteiger partial charge on any atom is -0.312 e. The van der Waals surface area contributed by atoms with Crippen LogP contribution in [0, 0.1) is 19.3 Å². The van der Waals surface area contributed by atoms with Crippen molar-refractivity contribution in [3.8, 4) is 12.3 Å². The number of hydrogen-bond acceptors (Lipinski definition) is 2. The Bertz CT molecular complexity index is 346. The molecule has 0 saturated carbocycles. The second-order valence-corrected chi connectivity index (χ2v) is 3.61. The highest BCUT2D eigenvalue weighted by Crippen LogP contribution is 2.18. The monoisotopic (exact) mass is 205 g/mol. The second-order valence-electron chi connectivity index (χ2n) is 3.61. The lowest BCUT2D eigenvalue weighted by Gasteiger charge is -2.16. The number of nitrogens with zero attached hydrogens (tertiary/aromatic N) is 2. The number of terminal acetylenes is 1. The Balaban J connectivity index is 2.85. The van der Waals surface area contributed by atoms with Crippen LogP contribution in [0.25, 0.3) is 0 Å². The molecule has 0 saturated heterocycles. The molecule has 1 rings (SSSR count). The van der Waals surface area contributed by atoms with E-state index in [4.69, 9.17) is 6.42 Å². The summed E-state index contributed by atoms with van der Waals surface area (Å²) >= 11 is 0. The first kappa shape index (κ1) is 11.8. The van der Waals surface area contributed by atoms with Crippen LogP contribution in [0.5, 0.6) is 0 Å². The molecule has 0 aliphatic carbocycles. The number of nitrogens with one attached hydrogen (secondary N) is 1. The van der Waals surface area contributed by atoms with Crippen molar-refractivity contribution in [3.63, 3.8) is 0 Å². The lowest BCUT2D eigenvalue weighted by Crippen LogP contribution is -2.20. The summed E-state index contributed by atoms with van der Waals surface area (Å²) in [6, 6.07) is 2.43. The van der Waals surface area contributed by atoms with Gasteiger partial charge in [-0.2, -0.15) is 5.10 Å². The molecule has 0 aliphatic heterocycles. The van der Waals surface area contributed by atoms with Crippen LogP contribution in [0.4, 0.5) is 0 Å². The van der Waals surface area contributed by atoms with Gasteiger partial charge in [-0.05, 0) is 33.4 Å². The highest BCUT2D eigenvalue weighted by molar-refractivity contribution is 5.13. The fourth-order valence-corrected chi connectivity index (χ4v) is 1.77. The highest BCUT2D eigenvalue weighted by Gasteiger charge is 2.14. The van der Waals surface area contributed by atoms with Crippen molar-refractivity contribution >= 4 is 0 Å². The van der Waals surface area contributed by atoms with Crippen LogP contribution in [-0.4, -0.2) is 16.8 Å². The summed E-state index contributed by atoms with van der Waals surface area (Å²) in [7, 11) is 1.96. The zero-order chi connectivity index (χ0) is 11.3. The van der Waals surface area contributed by atoms with Crippen molar-refractivity contribution in [2.45, 2.75) is 39.3 Å². The summed E-state index contributed by atoms with van der Waals surface area (Å²) in [5.41, 5.74) is 2.29. The molecule has 1 N–H and O–H groups in total. The van der Waals surface area contributed by atoms with Crippen LogP contribution < -0.4 is 5.32 Å². The van der Waals surface area contributed by atoms with Gasteiger partial charge in [0, 0.05) is 19.0 Å². The SMILES string of the molecule is C#CCCC(NC)c1cc(C)nn1CC. The van der Waals surface area contributed by atoms with E-state index in [1.807, 2.05) is 18.7 Å². The van der Waals surface area contributed by atoms with Crippen molar-refractivity contribution in [1.29, 1.82) is 0 Å². The molecule has 0 bridgehead atoms. The largest absolute Gasteiger partial charge is 0.312 e. The van der Waals surface area contributed by atoms with Crippen molar-refractivity contribution in [2.75, 3.05) is 7.05 Å². The van der Waals surface area contributed by atoms with E-state index in [2.05, 4.69) is 29.3 Å². The van der Waals surface area contributed by atoms with E-state index >= 15 is 0 Å². The van der Waals surface area contributed by atoms with E-state index in [9.17, 15) is 0 Å². The van der Waals surface area contributed by atoms with Crippen molar-refractivity contribution in [2.24, 2.45) is 0 Å². The molecule has 1 aromatic rings. The highest BCUT2D eigenvalue weighted by atomic mass is 15.3. The number of aromatic nitrogens is 2. The average Bonchev–Trinajstić information content (AvgIpc) is 2.61. The smallest absolute Gasteiger partial charge is 0.0597 e. The molecular weight excluding hydrogens is 186 g/mol. The Morgan fingerprint density at radius 3 is 2.93 bits per heavy atom. The molecule has 3 nitrogen and oxygen atoms in total. The zero-order valence-electron chi connectivity index (χ0n) is 9.75. The standard InChI is InChI=1S/C12H19N3/c1-5-7-8-11(13-4)12-9-10(3)14-15(12)6-2/h1,9,11,13H,6-8H2,2-4H3. The molecule has 0 radical (unpaired) electrons. The molecule has 1 unspecified atom stereocenters. The fraction of sp³-hybridized carbons (Fsp3) is 0.583. The van der Waals surface area contributed by atoms with Crippen LogP contribution in [0.3, 0.4) is 0 Å². The van der Waals surface area contributed by atoms with Gasteiger partial charge in [0.1, 0.15) is 0 Å². The van der Waals surface area contributed by atoms with Gasteiger partial charge in [-0.15, -0.1) is 12.3 Å². The van der Waals surface area contributed by atoms with Gasteiger partial charge in [-0.25, -0.2) is 0 Å². The van der Waals surface area contributed by atoms with Gasteiger partial charge < -0.3 is 5.32 Å². The molecule has 0 aromatic carbocycles. The van der Waals surface area contributed by atoms with Crippen LogP contribution in [-0.2, 0) is 6.54 Å². The van der Waals surface area contributed by atoms with Gasteiger partial charge in [-0.3, -0.25) is 4.68 Å². The second kappa shape index (κ2) is 5.57. The molecule has 3 heteroatoms. The van der Waals surface area contributed by atoms with Gasteiger partial charge >= 0.3 is 0 Å². The molecule has 1 heterocycles. The Morgan fingerprint density at radius 1 is 1.67 bits per heavy atom. The third-order valence-electron chi connectivity index (χ3n) is 2.52. The van der Waals surface area contributed by atoms with Crippen LogP contribution in [0.1, 0.15) is 37.2 Å². The van der Waals surface area contributed by atoms with Crippen molar-refractivity contribution < 1.29 is 0 Å². The number of aryl methyl sites for hydroxylation is 2. The molecule has 0 amide bonds. The Labute approximate surface area is 91.9 Å². The van der Waals surface area contributed by atoms with E-state index in [0.29, 0.717) is 6.04 Å². The third-order valence-corrected chi connectivity index (χ3v) is 2.52. The van der Waals surface area contributed by atoms with Crippen LogP contribution >= 0.6 is 0 Å². The lowest BCUT2D eigenvalue weighted by atomic mass is 10.1. The molecule has 1 atom stereocenters.